The van der Waals surface area contributed by atoms with Gasteiger partial charge in [0, 0.05) is 43.3 Å². The Morgan fingerprint density at radius 1 is 0.915 bits per heavy atom. The van der Waals surface area contributed by atoms with Crippen LogP contribution in [0.5, 0.6) is 11.5 Å². The molecule has 2 atom stereocenters. The lowest BCUT2D eigenvalue weighted by molar-refractivity contribution is -0.138. The summed E-state index contributed by atoms with van der Waals surface area (Å²) in [5, 5.41) is 0.333. The van der Waals surface area contributed by atoms with E-state index < -0.39 is 27.5 Å². The molecule has 47 heavy (non-hydrogen) atoms. The number of halogens is 1. The van der Waals surface area contributed by atoms with Gasteiger partial charge in [-0.2, -0.15) is 0 Å². The number of amides is 2. The lowest BCUT2D eigenvalue weighted by Gasteiger charge is -2.42. The first kappa shape index (κ1) is 33.3. The van der Waals surface area contributed by atoms with E-state index in [4.69, 9.17) is 21.1 Å². The number of piperidine rings is 1. The number of hydrogen-bond acceptors (Lipinski definition) is 8. The van der Waals surface area contributed by atoms with Gasteiger partial charge >= 0.3 is 0 Å². The Morgan fingerprint density at radius 3 is 2.30 bits per heavy atom. The molecule has 3 aromatic carbocycles. The molecule has 1 unspecified atom stereocenters. The Balaban J connectivity index is 1.59. The minimum atomic E-state index is -4.43. The molecule has 0 spiro atoms. The highest BCUT2D eigenvalue weighted by molar-refractivity contribution is 7.93. The van der Waals surface area contributed by atoms with Gasteiger partial charge in [0.1, 0.15) is 11.5 Å². The van der Waals surface area contributed by atoms with E-state index in [9.17, 15) is 13.2 Å². The quantitative estimate of drug-likeness (QED) is 0.316. The van der Waals surface area contributed by atoms with Crippen LogP contribution in [0, 0.1) is 0 Å². The second kappa shape index (κ2) is 13.1. The molecule has 2 saturated heterocycles. The van der Waals surface area contributed by atoms with E-state index >= 15 is 4.79 Å². The van der Waals surface area contributed by atoms with Crippen molar-refractivity contribution in [3.05, 3.63) is 82.4 Å². The van der Waals surface area contributed by atoms with E-state index in [1.54, 1.807) is 51.5 Å². The summed E-state index contributed by atoms with van der Waals surface area (Å²) in [7, 11) is 1.98. The van der Waals surface area contributed by atoms with E-state index in [0.717, 1.165) is 42.3 Å². The third-order valence-corrected chi connectivity index (χ3v) is 11.5. The zero-order chi connectivity index (χ0) is 33.5. The Labute approximate surface area is 281 Å². The van der Waals surface area contributed by atoms with Crippen LogP contribution in [0.3, 0.4) is 0 Å². The molecule has 12 heteroatoms. The number of benzene rings is 3. The maximum absolute atomic E-state index is 15.4. The van der Waals surface area contributed by atoms with Crippen molar-refractivity contribution in [1.29, 1.82) is 0 Å². The van der Waals surface area contributed by atoms with Crippen LogP contribution >= 0.6 is 11.6 Å². The highest BCUT2D eigenvalue weighted by Gasteiger charge is 2.63. The summed E-state index contributed by atoms with van der Waals surface area (Å²) in [6.45, 7) is 3.12. The van der Waals surface area contributed by atoms with Gasteiger partial charge in [-0.1, -0.05) is 30.2 Å². The molecular formula is C35H41ClN4O6S. The summed E-state index contributed by atoms with van der Waals surface area (Å²) in [5.74, 6) is 0.0293. The first-order valence-corrected chi connectivity index (χ1v) is 17.8. The fraction of sp³-hybridized carbons (Fsp3) is 0.429. The lowest BCUT2D eigenvalue weighted by Crippen LogP contribution is -2.59. The van der Waals surface area contributed by atoms with E-state index in [1.165, 1.54) is 30.6 Å². The van der Waals surface area contributed by atoms with Crippen LogP contribution in [0.4, 0.5) is 5.69 Å². The third kappa shape index (κ3) is 5.67. The number of nitrogens with zero attached hydrogens (tertiary/aromatic N) is 4. The molecule has 0 radical (unpaired) electrons. The van der Waals surface area contributed by atoms with Crippen LogP contribution in [0.2, 0.25) is 5.02 Å². The molecule has 6 rings (SSSR count). The van der Waals surface area contributed by atoms with E-state index in [0.29, 0.717) is 47.0 Å². The van der Waals surface area contributed by atoms with Crippen LogP contribution in [0.15, 0.2) is 65.6 Å². The number of sulfonamides is 1. The highest BCUT2D eigenvalue weighted by Crippen LogP contribution is 2.55. The topological polar surface area (TPSA) is 99.7 Å². The van der Waals surface area contributed by atoms with Crippen LogP contribution in [0.25, 0.3) is 0 Å². The van der Waals surface area contributed by atoms with Gasteiger partial charge in [-0.15, -0.1) is 0 Å². The molecule has 250 valence electrons. The van der Waals surface area contributed by atoms with Gasteiger partial charge in [0.2, 0.25) is 5.91 Å². The molecule has 0 bridgehead atoms. The van der Waals surface area contributed by atoms with Crippen molar-refractivity contribution in [3.8, 4) is 11.5 Å². The predicted octanol–water partition coefficient (Wildman–Crippen LogP) is 4.87. The summed E-state index contributed by atoms with van der Waals surface area (Å²) >= 11 is 6.64. The fourth-order valence-electron chi connectivity index (χ4n) is 7.36. The molecule has 3 heterocycles. The van der Waals surface area contributed by atoms with Crippen molar-refractivity contribution < 1.29 is 27.5 Å². The maximum atomic E-state index is 15.4. The number of hydrogen-bond donors (Lipinski definition) is 0. The molecule has 3 aliphatic heterocycles. The number of anilines is 1. The number of ether oxygens (including phenoxy) is 2. The van der Waals surface area contributed by atoms with Crippen molar-refractivity contribution in [2.45, 2.75) is 55.1 Å². The average molecular weight is 681 g/mol. The Morgan fingerprint density at radius 2 is 1.64 bits per heavy atom. The SMILES string of the molecule is COc1ccc(S(=O)(=O)N2C(=O)[C@](c3ccc(CN4CCCCC4)cc3OC)(N3CCCC3C(=O)N(C)C)c3cc(Cl)ccc32)cc1. The Bertz CT molecular complexity index is 1780. The number of likely N-dealkylation sites (N-methyl/N-ethyl adjacent to an activating group) is 1. The van der Waals surface area contributed by atoms with Crippen molar-refractivity contribution >= 4 is 39.1 Å². The standard InChI is InChI=1S/C35H41ClN4O6S/c1-37(2)33(41)31-9-8-20-39(31)35(28-16-10-24(21-32(28)46-4)23-38-18-6-5-7-19-38)29-22-25(36)11-17-30(29)40(34(35)42)47(43,44)27-14-12-26(45-3)13-15-27/h10-17,21-22,31H,5-9,18-20,23H2,1-4H3/t31?,35-/m1/s1. The van der Waals surface area contributed by atoms with Gasteiger partial charge in [-0.25, -0.2) is 12.7 Å². The van der Waals surface area contributed by atoms with Gasteiger partial charge in [-0.05, 0) is 92.9 Å². The highest BCUT2D eigenvalue weighted by atomic mass is 35.5. The van der Waals surface area contributed by atoms with Crippen molar-refractivity contribution in [2.24, 2.45) is 0 Å². The molecule has 0 saturated carbocycles. The van der Waals surface area contributed by atoms with E-state index in [1.807, 2.05) is 23.1 Å². The van der Waals surface area contributed by atoms with Gasteiger partial charge < -0.3 is 14.4 Å². The van der Waals surface area contributed by atoms with Crippen LogP contribution in [0.1, 0.15) is 48.8 Å². The largest absolute Gasteiger partial charge is 0.497 e. The molecule has 0 N–H and O–H groups in total. The number of methoxy groups -OCH3 is 2. The summed E-state index contributed by atoms with van der Waals surface area (Å²) in [6, 6.07) is 15.8. The van der Waals surface area contributed by atoms with Crippen LogP contribution in [-0.4, -0.2) is 88.9 Å². The van der Waals surface area contributed by atoms with Gasteiger partial charge in [0.05, 0.1) is 30.8 Å². The molecule has 10 nitrogen and oxygen atoms in total. The molecule has 0 aliphatic carbocycles. The molecule has 3 aliphatic rings. The zero-order valence-electron chi connectivity index (χ0n) is 27.2. The molecule has 3 aromatic rings. The number of rotatable bonds is 9. The Kier molecular flexibility index (Phi) is 9.28. The number of likely N-dealkylation sites (tertiary alicyclic amines) is 2. The van der Waals surface area contributed by atoms with Crippen molar-refractivity contribution in [1.82, 2.24) is 14.7 Å². The predicted molar refractivity (Wildman–Crippen MR) is 180 cm³/mol. The maximum Gasteiger partial charge on any atom is 0.271 e. The van der Waals surface area contributed by atoms with Gasteiger partial charge in [0.15, 0.2) is 5.54 Å². The van der Waals surface area contributed by atoms with E-state index in [-0.39, 0.29) is 16.5 Å². The zero-order valence-corrected chi connectivity index (χ0v) is 28.8. The van der Waals surface area contributed by atoms with Crippen molar-refractivity contribution in [2.75, 3.05) is 52.3 Å². The fourth-order valence-corrected chi connectivity index (χ4v) is 8.99. The first-order chi connectivity index (χ1) is 22.5. The molecule has 2 fully saturated rings. The molecular weight excluding hydrogens is 640 g/mol. The van der Waals surface area contributed by atoms with Crippen LogP contribution < -0.4 is 13.8 Å². The van der Waals surface area contributed by atoms with E-state index in [2.05, 4.69) is 4.90 Å². The second-order valence-electron chi connectivity index (χ2n) is 12.6. The minimum absolute atomic E-state index is 0.0745. The first-order valence-electron chi connectivity index (χ1n) is 16.0. The number of carbonyl (C=O) groups excluding carboxylic acids is 2. The lowest BCUT2D eigenvalue weighted by atomic mass is 9.80. The summed E-state index contributed by atoms with van der Waals surface area (Å²) < 4.78 is 41.1. The number of carbonyl (C=O) groups is 2. The Hall–Kier alpha value is -3.64. The third-order valence-electron chi connectivity index (χ3n) is 9.58. The smallest absolute Gasteiger partial charge is 0.271 e. The molecule has 2 amide bonds. The summed E-state index contributed by atoms with van der Waals surface area (Å²) in [4.78, 5) is 34.8. The van der Waals surface area contributed by atoms with Gasteiger partial charge in [-0.3, -0.25) is 19.4 Å². The summed E-state index contributed by atoms with van der Waals surface area (Å²) in [5.41, 5.74) is 0.304. The summed E-state index contributed by atoms with van der Waals surface area (Å²) in [6.07, 6.45) is 4.67. The normalized spacial score (nSPS) is 21.9. The average Bonchev–Trinajstić information content (AvgIpc) is 3.66. The van der Waals surface area contributed by atoms with Gasteiger partial charge in [0.25, 0.3) is 15.9 Å². The second-order valence-corrected chi connectivity index (χ2v) is 14.8. The number of fused-ring (bicyclic) bond motifs is 1. The monoisotopic (exact) mass is 680 g/mol. The molecule has 0 aromatic heterocycles. The van der Waals surface area contributed by atoms with Crippen LogP contribution in [-0.2, 0) is 31.7 Å². The minimum Gasteiger partial charge on any atom is -0.497 e. The van der Waals surface area contributed by atoms with Crippen molar-refractivity contribution in [3.63, 3.8) is 0 Å².